The number of sulfonamides is 1. The van der Waals surface area contributed by atoms with E-state index in [2.05, 4.69) is 15.6 Å². The van der Waals surface area contributed by atoms with Gasteiger partial charge in [0.25, 0.3) is 5.91 Å². The second-order valence-electron chi connectivity index (χ2n) is 6.01. The first-order chi connectivity index (χ1) is 11.9. The average molecular weight is 367 g/mol. The summed E-state index contributed by atoms with van der Waals surface area (Å²) >= 11 is 0. The summed E-state index contributed by atoms with van der Waals surface area (Å²) in [5, 5.41) is 10.9. The number of aromatic nitrogens is 3. The maximum Gasteiger partial charge on any atom is 0.273 e. The summed E-state index contributed by atoms with van der Waals surface area (Å²) in [4.78, 5) is 12.1. The van der Waals surface area contributed by atoms with Crippen molar-refractivity contribution in [2.24, 2.45) is 0 Å². The lowest BCUT2D eigenvalue weighted by Gasteiger charge is -2.16. The fourth-order valence-electron chi connectivity index (χ4n) is 2.71. The third-order valence-electron chi connectivity index (χ3n) is 4.07. The van der Waals surface area contributed by atoms with Crippen molar-refractivity contribution in [1.82, 2.24) is 24.6 Å². The smallest absolute Gasteiger partial charge is 0.273 e. The molecular weight excluding hydrogens is 346 g/mol. The summed E-state index contributed by atoms with van der Waals surface area (Å²) in [5.41, 5.74) is 1.74. The molecule has 0 saturated carbocycles. The zero-order valence-electron chi connectivity index (χ0n) is 14.2. The predicted molar refractivity (Wildman–Crippen MR) is 89.1 cm³/mol. The maximum atomic E-state index is 12.1. The summed E-state index contributed by atoms with van der Waals surface area (Å²) < 4.78 is 31.8. The minimum atomic E-state index is -3.24. The van der Waals surface area contributed by atoms with Crippen molar-refractivity contribution >= 4 is 15.9 Å². The Hall–Kier alpha value is -2.20. The molecule has 1 aliphatic rings. The van der Waals surface area contributed by atoms with E-state index >= 15 is 0 Å². The largest absolute Gasteiger partial charge is 0.361 e. The molecule has 10 heteroatoms. The summed E-state index contributed by atoms with van der Waals surface area (Å²) in [6.07, 6.45) is 2.58. The first kappa shape index (κ1) is 17.6. The summed E-state index contributed by atoms with van der Waals surface area (Å²) in [5.74, 6) is 0.323. The molecule has 0 bridgehead atoms. The van der Waals surface area contributed by atoms with Gasteiger partial charge in [-0.3, -0.25) is 9.48 Å². The number of hydrogen-bond donors (Lipinski definition) is 1. The molecule has 3 rings (SSSR count). The van der Waals surface area contributed by atoms with E-state index in [0.29, 0.717) is 43.9 Å². The summed E-state index contributed by atoms with van der Waals surface area (Å²) in [7, 11) is -3.24. The molecule has 9 nitrogen and oxygen atoms in total. The van der Waals surface area contributed by atoms with Crippen LogP contribution < -0.4 is 5.32 Å². The van der Waals surface area contributed by atoms with Gasteiger partial charge in [0.2, 0.25) is 10.0 Å². The highest BCUT2D eigenvalue weighted by atomic mass is 32.2. The number of hydrogen-bond acceptors (Lipinski definition) is 6. The number of carbonyl (C=O) groups excluding carboxylic acids is 1. The molecule has 0 saturated heterocycles. The van der Waals surface area contributed by atoms with Gasteiger partial charge in [0.1, 0.15) is 5.76 Å². The Labute approximate surface area is 146 Å². The van der Waals surface area contributed by atoms with Crippen LogP contribution in [0.25, 0.3) is 0 Å². The van der Waals surface area contributed by atoms with Gasteiger partial charge in [0, 0.05) is 25.6 Å². The molecule has 0 aromatic carbocycles. The van der Waals surface area contributed by atoms with Crippen LogP contribution in [-0.2, 0) is 36.1 Å². The van der Waals surface area contributed by atoms with E-state index < -0.39 is 10.0 Å². The number of carbonyl (C=O) groups is 1. The zero-order chi connectivity index (χ0) is 18.0. The number of aryl methyl sites for hydroxylation is 2. The third kappa shape index (κ3) is 4.07. The van der Waals surface area contributed by atoms with Crippen LogP contribution >= 0.6 is 0 Å². The maximum absolute atomic E-state index is 12.1. The van der Waals surface area contributed by atoms with Crippen LogP contribution in [0.5, 0.6) is 0 Å². The number of rotatable bonds is 5. The highest BCUT2D eigenvalue weighted by Crippen LogP contribution is 2.16. The van der Waals surface area contributed by atoms with Gasteiger partial charge in [-0.15, -0.1) is 0 Å². The van der Waals surface area contributed by atoms with Crippen molar-refractivity contribution in [2.75, 3.05) is 12.8 Å². The Kier molecular flexibility index (Phi) is 4.91. The van der Waals surface area contributed by atoms with Gasteiger partial charge in [-0.05, 0) is 12.5 Å². The molecule has 2 aromatic rings. The number of fused-ring (bicyclic) bond motifs is 1. The molecule has 25 heavy (non-hydrogen) atoms. The van der Waals surface area contributed by atoms with Gasteiger partial charge >= 0.3 is 0 Å². The number of amides is 1. The van der Waals surface area contributed by atoms with Crippen LogP contribution in [0.3, 0.4) is 0 Å². The monoisotopic (exact) mass is 367 g/mol. The highest BCUT2D eigenvalue weighted by molar-refractivity contribution is 7.88. The lowest BCUT2D eigenvalue weighted by atomic mass is 10.3. The molecule has 1 aliphatic heterocycles. The molecule has 0 fully saturated rings. The van der Waals surface area contributed by atoms with E-state index in [1.165, 1.54) is 10.6 Å². The minimum Gasteiger partial charge on any atom is -0.361 e. The van der Waals surface area contributed by atoms with Crippen LogP contribution in [0, 0.1) is 0 Å². The van der Waals surface area contributed by atoms with Crippen molar-refractivity contribution in [3.8, 4) is 0 Å². The first-order valence-electron chi connectivity index (χ1n) is 8.11. The Balaban J connectivity index is 1.66. The molecule has 136 valence electrons. The third-order valence-corrected chi connectivity index (χ3v) is 5.32. The molecule has 0 atom stereocenters. The van der Waals surface area contributed by atoms with Crippen LogP contribution in [-0.4, -0.2) is 46.4 Å². The fraction of sp³-hybridized carbons (Fsp3) is 0.533. The molecule has 0 radical (unpaired) electrons. The van der Waals surface area contributed by atoms with Gasteiger partial charge in [-0.1, -0.05) is 12.1 Å². The number of nitrogens with zero attached hydrogens (tertiary/aromatic N) is 4. The normalized spacial score (nSPS) is 15.6. The van der Waals surface area contributed by atoms with E-state index in [-0.39, 0.29) is 18.1 Å². The van der Waals surface area contributed by atoms with E-state index in [0.717, 1.165) is 5.69 Å². The first-order valence-corrected chi connectivity index (χ1v) is 9.96. The van der Waals surface area contributed by atoms with Crippen LogP contribution in [0.4, 0.5) is 0 Å². The van der Waals surface area contributed by atoms with Crippen molar-refractivity contribution in [1.29, 1.82) is 0 Å². The molecule has 2 aromatic heterocycles. The van der Waals surface area contributed by atoms with E-state index in [4.69, 9.17) is 4.52 Å². The lowest BCUT2D eigenvalue weighted by Crippen LogP contribution is -2.29. The molecule has 1 N–H and O–H groups in total. The standard InChI is InChI=1S/C15H21N5O4S/c1-3-13-8-14(18-24-13)15(21)16-9-11-7-12-10-19(25(2,22)23)5-4-6-20(12)17-11/h7-8H,3-6,9-10H2,1-2H3,(H,16,21). The summed E-state index contributed by atoms with van der Waals surface area (Å²) in [6, 6.07) is 3.44. The average Bonchev–Trinajstić information content (AvgIpc) is 3.13. The van der Waals surface area contributed by atoms with Crippen LogP contribution in [0.2, 0.25) is 0 Å². The van der Waals surface area contributed by atoms with Crippen molar-refractivity contribution in [2.45, 2.75) is 39.4 Å². The van der Waals surface area contributed by atoms with Gasteiger partial charge in [-0.2, -0.15) is 9.40 Å². The second kappa shape index (κ2) is 6.96. The summed E-state index contributed by atoms with van der Waals surface area (Å²) in [6.45, 7) is 3.59. The Bertz CT molecular complexity index is 870. The van der Waals surface area contributed by atoms with Crippen molar-refractivity contribution in [3.05, 3.63) is 35.0 Å². The molecule has 1 amide bonds. The Morgan fingerprint density at radius 3 is 2.84 bits per heavy atom. The predicted octanol–water partition coefficient (Wildman–Crippen LogP) is 0.529. The van der Waals surface area contributed by atoms with Gasteiger partial charge < -0.3 is 9.84 Å². The highest BCUT2D eigenvalue weighted by Gasteiger charge is 2.23. The van der Waals surface area contributed by atoms with Gasteiger partial charge in [-0.25, -0.2) is 8.42 Å². The number of nitrogens with one attached hydrogen (secondary N) is 1. The SMILES string of the molecule is CCc1cc(C(=O)NCc2cc3n(n2)CCCN(S(C)(=O)=O)C3)no1. The minimum absolute atomic E-state index is 0.237. The van der Waals surface area contributed by atoms with Gasteiger partial charge in [0.15, 0.2) is 5.69 Å². The van der Waals surface area contributed by atoms with Crippen molar-refractivity contribution in [3.63, 3.8) is 0 Å². The zero-order valence-corrected chi connectivity index (χ0v) is 15.0. The topological polar surface area (TPSA) is 110 Å². The molecule has 0 spiro atoms. The molecule has 0 unspecified atom stereocenters. The Morgan fingerprint density at radius 1 is 1.36 bits per heavy atom. The molecule has 3 heterocycles. The van der Waals surface area contributed by atoms with Crippen LogP contribution in [0.1, 0.15) is 41.0 Å². The van der Waals surface area contributed by atoms with Crippen molar-refractivity contribution < 1.29 is 17.7 Å². The van der Waals surface area contributed by atoms with Gasteiger partial charge in [0.05, 0.1) is 30.7 Å². The lowest BCUT2D eigenvalue weighted by molar-refractivity contribution is 0.0941. The fourth-order valence-corrected chi connectivity index (χ4v) is 3.54. The van der Waals surface area contributed by atoms with E-state index in [1.807, 2.05) is 13.0 Å². The van der Waals surface area contributed by atoms with E-state index in [9.17, 15) is 13.2 Å². The molecular formula is C15H21N5O4S. The van der Waals surface area contributed by atoms with E-state index in [1.54, 1.807) is 10.7 Å². The molecule has 0 aliphatic carbocycles. The quantitative estimate of drug-likeness (QED) is 0.825. The van der Waals surface area contributed by atoms with Crippen LogP contribution in [0.15, 0.2) is 16.7 Å². The Morgan fingerprint density at radius 2 is 2.16 bits per heavy atom. The second-order valence-corrected chi connectivity index (χ2v) is 8.00.